The summed E-state index contributed by atoms with van der Waals surface area (Å²) in [5.41, 5.74) is 4.07. The van der Waals surface area contributed by atoms with Crippen LogP contribution in [0.5, 0.6) is 0 Å². The van der Waals surface area contributed by atoms with Crippen LogP contribution in [0.25, 0.3) is 0 Å². The van der Waals surface area contributed by atoms with Crippen LogP contribution in [0.15, 0.2) is 18.2 Å². The fraction of sp³-hybridized carbons (Fsp3) is 0.562. The highest BCUT2D eigenvalue weighted by atomic mass is 19.4. The number of nitrogens with two attached hydrogens (primary N) is 1. The number of halogens is 3. The fourth-order valence-electron chi connectivity index (χ4n) is 2.16. The monoisotopic (exact) mass is 331 g/mol. The first-order chi connectivity index (χ1) is 10.7. The van der Waals surface area contributed by atoms with Crippen LogP contribution in [-0.4, -0.2) is 48.9 Å². The van der Waals surface area contributed by atoms with E-state index in [1.54, 1.807) is 0 Å². The topological polar surface area (TPSA) is 49.6 Å². The van der Waals surface area contributed by atoms with Gasteiger partial charge in [-0.15, -0.1) is 0 Å². The van der Waals surface area contributed by atoms with Crippen LogP contribution in [0.2, 0.25) is 0 Å². The molecule has 1 amide bonds. The number of nitrogens with zero attached hydrogens (tertiary/aromatic N) is 2. The number of carbonyl (C=O) groups is 1. The Hall–Kier alpha value is -1.76. The van der Waals surface area contributed by atoms with E-state index in [4.69, 9.17) is 5.73 Å². The lowest BCUT2D eigenvalue weighted by Crippen LogP contribution is -2.47. The van der Waals surface area contributed by atoms with E-state index in [0.717, 1.165) is 12.1 Å². The van der Waals surface area contributed by atoms with E-state index < -0.39 is 17.6 Å². The van der Waals surface area contributed by atoms with Crippen LogP contribution in [0, 0.1) is 0 Å². The van der Waals surface area contributed by atoms with Crippen LogP contribution in [-0.2, 0) is 6.18 Å². The molecular formula is C16H24F3N3O. The van der Waals surface area contributed by atoms with Crippen LogP contribution in [0.3, 0.4) is 0 Å². The Morgan fingerprint density at radius 3 is 2.17 bits per heavy atom. The van der Waals surface area contributed by atoms with Gasteiger partial charge >= 0.3 is 6.18 Å². The number of amides is 1. The van der Waals surface area contributed by atoms with Gasteiger partial charge in [0.1, 0.15) is 0 Å². The van der Waals surface area contributed by atoms with Gasteiger partial charge in [-0.05, 0) is 25.2 Å². The van der Waals surface area contributed by atoms with Gasteiger partial charge < -0.3 is 15.5 Å². The Bertz CT molecular complexity index is 524. The zero-order chi connectivity index (χ0) is 17.6. The first-order valence-corrected chi connectivity index (χ1v) is 7.65. The van der Waals surface area contributed by atoms with E-state index in [-0.39, 0.29) is 11.3 Å². The zero-order valence-corrected chi connectivity index (χ0v) is 13.8. The SMILES string of the molecule is CCC.CN1CCN(C(=O)c2ccc(N)cc2C(F)(F)F)CC1. The number of hydrogen-bond donors (Lipinski definition) is 1. The smallest absolute Gasteiger partial charge is 0.399 e. The lowest BCUT2D eigenvalue weighted by atomic mass is 10.0. The van der Waals surface area contributed by atoms with Gasteiger partial charge in [0.25, 0.3) is 5.91 Å². The number of likely N-dealkylation sites (N-methyl/N-ethyl adjacent to an activating group) is 1. The summed E-state index contributed by atoms with van der Waals surface area (Å²) in [4.78, 5) is 15.7. The lowest BCUT2D eigenvalue weighted by Gasteiger charge is -2.33. The molecule has 0 saturated carbocycles. The van der Waals surface area contributed by atoms with Gasteiger partial charge in [-0.2, -0.15) is 13.2 Å². The number of anilines is 1. The zero-order valence-electron chi connectivity index (χ0n) is 13.8. The predicted molar refractivity (Wildman–Crippen MR) is 85.2 cm³/mol. The summed E-state index contributed by atoms with van der Waals surface area (Å²) in [6.45, 7) is 6.41. The summed E-state index contributed by atoms with van der Waals surface area (Å²) < 4.78 is 39.0. The van der Waals surface area contributed by atoms with Gasteiger partial charge in [-0.1, -0.05) is 20.3 Å². The van der Waals surface area contributed by atoms with Crippen molar-refractivity contribution in [3.63, 3.8) is 0 Å². The number of alkyl halides is 3. The van der Waals surface area contributed by atoms with Gasteiger partial charge in [-0.3, -0.25) is 4.79 Å². The third kappa shape index (κ3) is 5.42. The molecule has 1 aliphatic rings. The molecule has 0 aromatic heterocycles. The standard InChI is InChI=1S/C13H16F3N3O.C3H8/c1-18-4-6-19(7-5-18)12(20)10-3-2-9(17)8-11(10)13(14,15)16;1-3-2/h2-3,8H,4-7,17H2,1H3;3H2,1-2H3. The summed E-state index contributed by atoms with van der Waals surface area (Å²) in [6.07, 6.45) is -3.34. The van der Waals surface area contributed by atoms with Crippen molar-refractivity contribution in [2.24, 2.45) is 0 Å². The third-order valence-electron chi connectivity index (χ3n) is 3.37. The molecular weight excluding hydrogens is 307 g/mol. The number of carbonyl (C=O) groups excluding carboxylic acids is 1. The molecule has 1 heterocycles. The van der Waals surface area contributed by atoms with Crippen molar-refractivity contribution in [2.45, 2.75) is 26.4 Å². The Balaban J connectivity index is 0.000000816. The minimum atomic E-state index is -4.59. The molecule has 2 N–H and O–H groups in total. The summed E-state index contributed by atoms with van der Waals surface area (Å²) >= 11 is 0. The average molecular weight is 331 g/mol. The molecule has 0 atom stereocenters. The van der Waals surface area contributed by atoms with Gasteiger partial charge in [0.05, 0.1) is 11.1 Å². The van der Waals surface area contributed by atoms with E-state index in [1.165, 1.54) is 17.4 Å². The minimum Gasteiger partial charge on any atom is -0.399 e. The van der Waals surface area contributed by atoms with Crippen molar-refractivity contribution in [1.82, 2.24) is 9.80 Å². The highest BCUT2D eigenvalue weighted by Crippen LogP contribution is 2.34. The maximum atomic E-state index is 13.0. The van der Waals surface area contributed by atoms with Crippen molar-refractivity contribution in [2.75, 3.05) is 39.0 Å². The van der Waals surface area contributed by atoms with Crippen LogP contribution >= 0.6 is 0 Å². The van der Waals surface area contributed by atoms with Crippen LogP contribution < -0.4 is 5.73 Å². The molecule has 23 heavy (non-hydrogen) atoms. The summed E-state index contributed by atoms with van der Waals surface area (Å²) in [5.74, 6) is -0.592. The maximum Gasteiger partial charge on any atom is 0.417 e. The number of rotatable bonds is 1. The molecule has 0 aliphatic carbocycles. The Morgan fingerprint density at radius 1 is 1.17 bits per heavy atom. The molecule has 1 aromatic rings. The minimum absolute atomic E-state index is 0.00717. The summed E-state index contributed by atoms with van der Waals surface area (Å²) in [7, 11) is 1.91. The fourth-order valence-corrected chi connectivity index (χ4v) is 2.16. The van der Waals surface area contributed by atoms with Gasteiger partial charge in [-0.25, -0.2) is 0 Å². The number of benzene rings is 1. The molecule has 1 saturated heterocycles. The molecule has 1 aliphatic heterocycles. The molecule has 1 fully saturated rings. The van der Waals surface area contributed by atoms with Crippen LogP contribution in [0.1, 0.15) is 36.2 Å². The van der Waals surface area contributed by atoms with Crippen molar-refractivity contribution < 1.29 is 18.0 Å². The second kappa shape index (κ2) is 8.19. The Kier molecular flexibility index (Phi) is 6.87. The largest absolute Gasteiger partial charge is 0.417 e. The van der Waals surface area contributed by atoms with E-state index in [0.29, 0.717) is 26.2 Å². The molecule has 0 radical (unpaired) electrons. The number of piperazine rings is 1. The first kappa shape index (κ1) is 19.3. The normalized spacial score (nSPS) is 15.8. The van der Waals surface area contributed by atoms with Gasteiger partial charge in [0.2, 0.25) is 0 Å². The quantitative estimate of drug-likeness (QED) is 0.805. The number of hydrogen-bond acceptors (Lipinski definition) is 3. The average Bonchev–Trinajstić information content (AvgIpc) is 2.47. The lowest BCUT2D eigenvalue weighted by molar-refractivity contribution is -0.138. The van der Waals surface area contributed by atoms with E-state index in [9.17, 15) is 18.0 Å². The van der Waals surface area contributed by atoms with Gasteiger partial charge in [0, 0.05) is 31.9 Å². The Labute approximate surface area is 135 Å². The molecule has 2 rings (SSSR count). The third-order valence-corrected chi connectivity index (χ3v) is 3.37. The Morgan fingerprint density at radius 2 is 1.70 bits per heavy atom. The number of nitrogen functional groups attached to an aromatic ring is 1. The van der Waals surface area contributed by atoms with E-state index >= 15 is 0 Å². The van der Waals surface area contributed by atoms with Crippen molar-refractivity contribution in [1.29, 1.82) is 0 Å². The second-order valence-corrected chi connectivity index (χ2v) is 5.61. The molecule has 7 heteroatoms. The second-order valence-electron chi connectivity index (χ2n) is 5.61. The summed E-state index contributed by atoms with van der Waals surface area (Å²) in [5, 5.41) is 0. The molecule has 4 nitrogen and oxygen atoms in total. The molecule has 130 valence electrons. The summed E-state index contributed by atoms with van der Waals surface area (Å²) in [6, 6.07) is 3.28. The van der Waals surface area contributed by atoms with Crippen LogP contribution in [0.4, 0.5) is 18.9 Å². The first-order valence-electron chi connectivity index (χ1n) is 7.65. The van der Waals surface area contributed by atoms with E-state index in [2.05, 4.69) is 13.8 Å². The van der Waals surface area contributed by atoms with E-state index in [1.807, 2.05) is 11.9 Å². The van der Waals surface area contributed by atoms with Crippen molar-refractivity contribution >= 4 is 11.6 Å². The maximum absolute atomic E-state index is 13.0. The highest BCUT2D eigenvalue weighted by molar-refractivity contribution is 5.96. The molecule has 0 bridgehead atoms. The predicted octanol–water partition coefficient (Wildman–Crippen LogP) is 3.09. The van der Waals surface area contributed by atoms with Crippen molar-refractivity contribution in [3.05, 3.63) is 29.3 Å². The molecule has 0 unspecified atom stereocenters. The molecule has 0 spiro atoms. The molecule has 1 aromatic carbocycles. The van der Waals surface area contributed by atoms with Gasteiger partial charge in [0.15, 0.2) is 0 Å². The highest BCUT2D eigenvalue weighted by Gasteiger charge is 2.36. The van der Waals surface area contributed by atoms with Crippen molar-refractivity contribution in [3.8, 4) is 0 Å².